The Morgan fingerprint density at radius 1 is 0.972 bits per heavy atom. The lowest BCUT2D eigenvalue weighted by molar-refractivity contribution is 0.0712. The quantitative estimate of drug-likeness (QED) is 0.387. The average Bonchev–Trinajstić information content (AvgIpc) is 3.39. The maximum absolute atomic E-state index is 13.0. The van der Waals surface area contributed by atoms with E-state index < -0.39 is 6.10 Å². The molecule has 0 saturated heterocycles. The minimum absolute atomic E-state index is 0.103. The van der Waals surface area contributed by atoms with Crippen LogP contribution < -0.4 is 10.6 Å². The van der Waals surface area contributed by atoms with Crippen LogP contribution >= 0.6 is 0 Å². The molecular formula is C29H30N4O3. The summed E-state index contributed by atoms with van der Waals surface area (Å²) in [6.07, 6.45) is 5.49. The van der Waals surface area contributed by atoms with Gasteiger partial charge in [0.05, 0.1) is 17.7 Å². The van der Waals surface area contributed by atoms with Gasteiger partial charge >= 0.3 is 0 Å². The second kappa shape index (κ2) is 10.3. The van der Waals surface area contributed by atoms with Gasteiger partial charge in [-0.1, -0.05) is 49.2 Å². The highest BCUT2D eigenvalue weighted by molar-refractivity contribution is 5.94. The summed E-state index contributed by atoms with van der Waals surface area (Å²) in [6, 6.07) is 21.4. The normalized spacial score (nSPS) is 17.6. The number of aromatic nitrogens is 2. The van der Waals surface area contributed by atoms with E-state index in [1.807, 2.05) is 48.7 Å². The van der Waals surface area contributed by atoms with Gasteiger partial charge in [0.1, 0.15) is 5.69 Å². The molecule has 0 radical (unpaired) electrons. The summed E-state index contributed by atoms with van der Waals surface area (Å²) >= 11 is 0. The van der Waals surface area contributed by atoms with E-state index >= 15 is 0 Å². The highest BCUT2D eigenvalue weighted by atomic mass is 16.3. The first-order chi connectivity index (χ1) is 17.5. The topological polar surface area (TPSA) is 95.7 Å². The SMILES string of the molecule is CNC(=O)c1ccc(-c2ccc(Cc3cc(C(=O)N[C@H]4CCCC[C@@H]4O)nn4cccc34)cc2)cc1. The van der Waals surface area contributed by atoms with Crippen molar-refractivity contribution >= 4 is 17.3 Å². The van der Waals surface area contributed by atoms with Crippen LogP contribution in [0.4, 0.5) is 0 Å². The fourth-order valence-electron chi connectivity index (χ4n) is 4.87. The van der Waals surface area contributed by atoms with Crippen LogP contribution in [0.3, 0.4) is 0 Å². The van der Waals surface area contributed by atoms with Crippen LogP contribution in [-0.4, -0.2) is 45.7 Å². The van der Waals surface area contributed by atoms with Crippen molar-refractivity contribution in [1.82, 2.24) is 20.2 Å². The Morgan fingerprint density at radius 3 is 2.36 bits per heavy atom. The van der Waals surface area contributed by atoms with Gasteiger partial charge in [-0.15, -0.1) is 0 Å². The lowest BCUT2D eigenvalue weighted by Gasteiger charge is -2.28. The summed E-state index contributed by atoms with van der Waals surface area (Å²) in [6.45, 7) is 0. The smallest absolute Gasteiger partial charge is 0.272 e. The molecule has 1 aliphatic rings. The molecule has 0 unspecified atom stereocenters. The summed E-state index contributed by atoms with van der Waals surface area (Å²) in [5.74, 6) is -0.359. The van der Waals surface area contributed by atoms with Gasteiger partial charge < -0.3 is 15.7 Å². The van der Waals surface area contributed by atoms with Crippen LogP contribution in [0.15, 0.2) is 72.9 Å². The summed E-state index contributed by atoms with van der Waals surface area (Å²) in [5, 5.41) is 20.4. The third-order valence-electron chi connectivity index (χ3n) is 6.92. The first-order valence-electron chi connectivity index (χ1n) is 12.4. The highest BCUT2D eigenvalue weighted by Crippen LogP contribution is 2.23. The molecule has 7 nitrogen and oxygen atoms in total. The molecule has 4 aromatic rings. The molecule has 5 rings (SSSR count). The number of amides is 2. The third kappa shape index (κ3) is 5.02. The van der Waals surface area contributed by atoms with E-state index in [1.54, 1.807) is 11.6 Å². The number of rotatable bonds is 6. The Bertz CT molecular complexity index is 1380. The van der Waals surface area contributed by atoms with Crippen LogP contribution in [0.1, 0.15) is 57.7 Å². The molecule has 7 heteroatoms. The predicted molar refractivity (Wildman–Crippen MR) is 139 cm³/mol. The monoisotopic (exact) mass is 482 g/mol. The van der Waals surface area contributed by atoms with Crippen molar-refractivity contribution in [3.8, 4) is 11.1 Å². The zero-order chi connectivity index (χ0) is 25.1. The lowest BCUT2D eigenvalue weighted by atomic mass is 9.92. The van der Waals surface area contributed by atoms with Gasteiger partial charge in [0.25, 0.3) is 11.8 Å². The third-order valence-corrected chi connectivity index (χ3v) is 6.92. The van der Waals surface area contributed by atoms with E-state index in [0.717, 1.165) is 47.0 Å². The Hall–Kier alpha value is -3.97. The second-order valence-electron chi connectivity index (χ2n) is 9.35. The molecule has 184 valence electrons. The molecule has 0 aliphatic heterocycles. The first-order valence-corrected chi connectivity index (χ1v) is 12.4. The van der Waals surface area contributed by atoms with Gasteiger partial charge in [0, 0.05) is 18.8 Å². The second-order valence-corrected chi connectivity index (χ2v) is 9.35. The van der Waals surface area contributed by atoms with Gasteiger partial charge in [-0.25, -0.2) is 4.52 Å². The number of aliphatic hydroxyl groups excluding tert-OH is 1. The Kier molecular flexibility index (Phi) is 6.82. The van der Waals surface area contributed by atoms with E-state index in [2.05, 4.69) is 40.0 Å². The van der Waals surface area contributed by atoms with Crippen LogP contribution in [0.5, 0.6) is 0 Å². The highest BCUT2D eigenvalue weighted by Gasteiger charge is 2.25. The largest absolute Gasteiger partial charge is 0.391 e. The number of benzene rings is 2. The van der Waals surface area contributed by atoms with Crippen molar-refractivity contribution in [2.45, 2.75) is 44.2 Å². The molecule has 3 N–H and O–H groups in total. The van der Waals surface area contributed by atoms with Crippen molar-refractivity contribution in [2.75, 3.05) is 7.05 Å². The van der Waals surface area contributed by atoms with Crippen molar-refractivity contribution in [2.24, 2.45) is 0 Å². The van der Waals surface area contributed by atoms with Crippen LogP contribution in [0.2, 0.25) is 0 Å². The van der Waals surface area contributed by atoms with Crippen molar-refractivity contribution in [3.05, 3.63) is 95.3 Å². The number of nitrogens with zero attached hydrogens (tertiary/aromatic N) is 2. The fourth-order valence-corrected chi connectivity index (χ4v) is 4.87. The molecule has 1 fully saturated rings. The molecule has 1 saturated carbocycles. The summed E-state index contributed by atoms with van der Waals surface area (Å²) in [7, 11) is 1.62. The maximum Gasteiger partial charge on any atom is 0.272 e. The van der Waals surface area contributed by atoms with Crippen molar-refractivity contribution in [3.63, 3.8) is 0 Å². The van der Waals surface area contributed by atoms with Crippen LogP contribution in [0.25, 0.3) is 16.6 Å². The Balaban J connectivity index is 1.35. The fraction of sp³-hybridized carbons (Fsp3) is 0.276. The Labute approximate surface area is 210 Å². The predicted octanol–water partition coefficient (Wildman–Crippen LogP) is 3.99. The minimum atomic E-state index is -0.504. The number of hydrogen-bond donors (Lipinski definition) is 3. The summed E-state index contributed by atoms with van der Waals surface area (Å²) in [5.41, 5.74) is 6.16. The standard InChI is InChI=1S/C29H30N4O3/c1-30-28(35)22-14-12-21(13-15-22)20-10-8-19(9-11-20)17-23-18-25(32-33-16-4-6-26(23)33)29(36)31-24-5-2-3-7-27(24)34/h4,6,8-16,18,24,27,34H,2-3,5,7,17H2,1H3,(H,30,35)(H,31,36)/t24-,27-/m0/s1. The molecule has 1 aliphatic carbocycles. The Morgan fingerprint density at radius 2 is 1.67 bits per heavy atom. The van der Waals surface area contributed by atoms with Gasteiger partial charge in [0.15, 0.2) is 0 Å². The zero-order valence-corrected chi connectivity index (χ0v) is 20.3. The van der Waals surface area contributed by atoms with Gasteiger partial charge in [-0.2, -0.15) is 5.10 Å². The first kappa shape index (κ1) is 23.8. The van der Waals surface area contributed by atoms with Crippen molar-refractivity contribution in [1.29, 1.82) is 0 Å². The summed E-state index contributed by atoms with van der Waals surface area (Å²) in [4.78, 5) is 24.8. The van der Waals surface area contributed by atoms with E-state index in [1.165, 1.54) is 0 Å². The van der Waals surface area contributed by atoms with Gasteiger partial charge in [-0.05, 0) is 71.8 Å². The molecule has 2 aromatic carbocycles. The number of aliphatic hydroxyl groups is 1. The molecule has 0 spiro atoms. The van der Waals surface area contributed by atoms with Crippen molar-refractivity contribution < 1.29 is 14.7 Å². The minimum Gasteiger partial charge on any atom is -0.391 e. The molecule has 2 atom stereocenters. The molecule has 2 aromatic heterocycles. The number of hydrogen-bond acceptors (Lipinski definition) is 4. The maximum atomic E-state index is 13.0. The molecular weight excluding hydrogens is 452 g/mol. The van der Waals surface area contributed by atoms with Crippen LogP contribution in [-0.2, 0) is 6.42 Å². The molecule has 36 heavy (non-hydrogen) atoms. The average molecular weight is 483 g/mol. The lowest BCUT2D eigenvalue weighted by Crippen LogP contribution is -2.45. The van der Waals surface area contributed by atoms with E-state index in [4.69, 9.17) is 0 Å². The van der Waals surface area contributed by atoms with E-state index in [9.17, 15) is 14.7 Å². The number of carbonyl (C=O) groups excluding carboxylic acids is 2. The van der Waals surface area contributed by atoms with E-state index in [0.29, 0.717) is 24.1 Å². The summed E-state index contributed by atoms with van der Waals surface area (Å²) < 4.78 is 1.74. The van der Waals surface area contributed by atoms with E-state index in [-0.39, 0.29) is 17.9 Å². The molecule has 2 amide bonds. The number of carbonyl (C=O) groups is 2. The number of nitrogens with one attached hydrogen (secondary N) is 2. The van der Waals surface area contributed by atoms with Gasteiger partial charge in [0.2, 0.25) is 0 Å². The zero-order valence-electron chi connectivity index (χ0n) is 20.3. The van der Waals surface area contributed by atoms with Gasteiger partial charge in [-0.3, -0.25) is 9.59 Å². The molecule has 0 bridgehead atoms. The molecule has 2 heterocycles. The van der Waals surface area contributed by atoms with Crippen LogP contribution in [0, 0.1) is 0 Å². The number of fused-ring (bicyclic) bond motifs is 1.